The predicted octanol–water partition coefficient (Wildman–Crippen LogP) is -0.0544. The van der Waals surface area contributed by atoms with Crippen LogP contribution >= 0.6 is 0 Å². The molecule has 1 aromatic rings. The molecule has 0 saturated heterocycles. The van der Waals surface area contributed by atoms with E-state index in [1.807, 2.05) is 7.05 Å². The highest BCUT2D eigenvalue weighted by Crippen LogP contribution is 2.19. The van der Waals surface area contributed by atoms with Crippen LogP contribution in [0.3, 0.4) is 0 Å². The monoisotopic (exact) mass is 253 g/mol. The van der Waals surface area contributed by atoms with Crippen LogP contribution in [0.4, 0.5) is 0 Å². The summed E-state index contributed by atoms with van der Waals surface area (Å²) < 4.78 is 6.52. The predicted molar refractivity (Wildman–Crippen MR) is 65.2 cm³/mol. The summed E-state index contributed by atoms with van der Waals surface area (Å²) in [4.78, 5) is 18.0. The molecule has 2 rings (SSSR count). The molecular weight excluding hydrogens is 234 g/mol. The number of nitrogens with zero attached hydrogens (tertiary/aromatic N) is 3. The molecule has 100 valence electrons. The van der Waals surface area contributed by atoms with E-state index in [-0.39, 0.29) is 6.10 Å². The van der Waals surface area contributed by atoms with Crippen LogP contribution in [-0.4, -0.2) is 51.8 Å². The van der Waals surface area contributed by atoms with Crippen molar-refractivity contribution in [2.45, 2.75) is 26.0 Å². The van der Waals surface area contributed by atoms with Crippen molar-refractivity contribution in [1.82, 2.24) is 14.5 Å². The number of imidazole rings is 1. The average molecular weight is 253 g/mol. The van der Waals surface area contributed by atoms with Crippen LogP contribution in [-0.2, 0) is 24.8 Å². The van der Waals surface area contributed by atoms with Crippen molar-refractivity contribution in [3.8, 4) is 0 Å². The van der Waals surface area contributed by atoms with Gasteiger partial charge < -0.3 is 14.4 Å². The Kier molecular flexibility index (Phi) is 3.68. The number of aromatic nitrogens is 2. The Morgan fingerprint density at radius 2 is 2.33 bits per heavy atom. The summed E-state index contributed by atoms with van der Waals surface area (Å²) in [7, 11) is 3.19. The van der Waals surface area contributed by atoms with Gasteiger partial charge in [0.1, 0.15) is 0 Å². The number of ether oxygens (including phenoxy) is 1. The first-order chi connectivity index (χ1) is 8.52. The Morgan fingerprint density at radius 3 is 2.94 bits per heavy atom. The minimum Gasteiger partial charge on any atom is -0.463 e. The Balaban J connectivity index is 2.21. The first-order valence-corrected chi connectivity index (χ1v) is 6.06. The van der Waals surface area contributed by atoms with Crippen molar-refractivity contribution in [2.75, 3.05) is 20.2 Å². The molecule has 1 aliphatic heterocycles. The summed E-state index contributed by atoms with van der Waals surface area (Å²) in [6, 6.07) is 0. The fourth-order valence-corrected chi connectivity index (χ4v) is 2.39. The van der Waals surface area contributed by atoms with Gasteiger partial charge in [0, 0.05) is 38.8 Å². The molecule has 1 aliphatic rings. The van der Waals surface area contributed by atoms with E-state index in [0.29, 0.717) is 18.9 Å². The molecule has 1 N–H and O–H groups in total. The molecule has 6 heteroatoms. The molecule has 0 amide bonds. The van der Waals surface area contributed by atoms with Gasteiger partial charge >= 0.3 is 5.97 Å². The number of β-amino-alcohol motifs (C(OH)–C–C–N with tert-alkyl or cyclic N) is 1. The highest BCUT2D eigenvalue weighted by atomic mass is 16.5. The number of methoxy groups -OCH3 is 1. The third kappa shape index (κ3) is 2.39. The fraction of sp³-hybridized carbons (Fsp3) is 0.667. The molecule has 0 aromatic carbocycles. The molecule has 18 heavy (non-hydrogen) atoms. The maximum Gasteiger partial charge on any atom is 0.374 e. The normalized spacial score (nSPS) is 17.3. The van der Waals surface area contributed by atoms with Gasteiger partial charge in [-0.05, 0) is 6.92 Å². The van der Waals surface area contributed by atoms with Crippen LogP contribution < -0.4 is 0 Å². The Morgan fingerprint density at radius 1 is 1.61 bits per heavy atom. The molecule has 0 aliphatic carbocycles. The third-order valence-electron chi connectivity index (χ3n) is 3.23. The van der Waals surface area contributed by atoms with Gasteiger partial charge in [-0.3, -0.25) is 4.90 Å². The molecule has 0 saturated carbocycles. The van der Waals surface area contributed by atoms with Gasteiger partial charge in [0.25, 0.3) is 0 Å². The van der Waals surface area contributed by atoms with Gasteiger partial charge in [0.2, 0.25) is 5.82 Å². The smallest absolute Gasteiger partial charge is 0.374 e. The van der Waals surface area contributed by atoms with E-state index >= 15 is 0 Å². The number of aliphatic hydroxyl groups excluding tert-OH is 1. The lowest BCUT2D eigenvalue weighted by atomic mass is 10.1. The zero-order chi connectivity index (χ0) is 13.3. The first-order valence-electron chi connectivity index (χ1n) is 6.06. The Bertz CT molecular complexity index is 454. The SMILES string of the molecule is COC(=O)c1nc2c(n1C)CCN(CC(C)O)C2. The average Bonchev–Trinajstić information content (AvgIpc) is 2.65. The molecule has 6 nitrogen and oxygen atoms in total. The third-order valence-corrected chi connectivity index (χ3v) is 3.23. The van der Waals surface area contributed by atoms with E-state index in [2.05, 4.69) is 9.88 Å². The van der Waals surface area contributed by atoms with Gasteiger partial charge in [0.15, 0.2) is 0 Å². The maximum absolute atomic E-state index is 11.6. The molecule has 0 radical (unpaired) electrons. The van der Waals surface area contributed by atoms with Gasteiger partial charge in [-0.25, -0.2) is 9.78 Å². The molecule has 1 atom stereocenters. The Labute approximate surface area is 106 Å². The number of hydrogen-bond donors (Lipinski definition) is 1. The van der Waals surface area contributed by atoms with Crippen LogP contribution in [0.2, 0.25) is 0 Å². The van der Waals surface area contributed by atoms with E-state index in [1.54, 1.807) is 11.5 Å². The summed E-state index contributed by atoms with van der Waals surface area (Å²) in [5.41, 5.74) is 1.99. The summed E-state index contributed by atoms with van der Waals surface area (Å²) >= 11 is 0. The van der Waals surface area contributed by atoms with Crippen molar-refractivity contribution >= 4 is 5.97 Å². The standard InChI is InChI=1S/C12H19N3O3/c1-8(16)6-15-5-4-10-9(7-15)13-11(14(10)2)12(17)18-3/h8,16H,4-7H2,1-3H3. The highest BCUT2D eigenvalue weighted by Gasteiger charge is 2.25. The van der Waals surface area contributed by atoms with Crippen LogP contribution in [0, 0.1) is 0 Å². The number of hydrogen-bond acceptors (Lipinski definition) is 5. The molecule has 0 bridgehead atoms. The largest absolute Gasteiger partial charge is 0.463 e. The van der Waals surface area contributed by atoms with E-state index in [9.17, 15) is 9.90 Å². The lowest BCUT2D eigenvalue weighted by Crippen LogP contribution is -2.36. The van der Waals surface area contributed by atoms with Crippen LogP contribution in [0.25, 0.3) is 0 Å². The van der Waals surface area contributed by atoms with Gasteiger partial charge in [-0.2, -0.15) is 0 Å². The second-order valence-corrected chi connectivity index (χ2v) is 4.71. The van der Waals surface area contributed by atoms with Crippen molar-refractivity contribution in [3.05, 3.63) is 17.2 Å². The molecule has 1 unspecified atom stereocenters. The lowest BCUT2D eigenvalue weighted by molar-refractivity contribution is 0.0582. The Hall–Kier alpha value is -1.40. The van der Waals surface area contributed by atoms with Gasteiger partial charge in [-0.15, -0.1) is 0 Å². The highest BCUT2D eigenvalue weighted by molar-refractivity contribution is 5.85. The maximum atomic E-state index is 11.6. The van der Waals surface area contributed by atoms with E-state index in [0.717, 1.165) is 24.4 Å². The quantitative estimate of drug-likeness (QED) is 0.765. The second kappa shape index (κ2) is 5.07. The van der Waals surface area contributed by atoms with Crippen molar-refractivity contribution in [1.29, 1.82) is 0 Å². The zero-order valence-electron chi connectivity index (χ0n) is 11.0. The summed E-state index contributed by atoms with van der Waals surface area (Å²) in [6.45, 7) is 3.94. The van der Waals surface area contributed by atoms with Crippen molar-refractivity contribution < 1.29 is 14.6 Å². The van der Waals surface area contributed by atoms with E-state index in [1.165, 1.54) is 7.11 Å². The molecule has 2 heterocycles. The zero-order valence-corrected chi connectivity index (χ0v) is 11.0. The minimum absolute atomic E-state index is 0.349. The van der Waals surface area contributed by atoms with Gasteiger partial charge in [0.05, 0.1) is 18.9 Å². The van der Waals surface area contributed by atoms with Crippen molar-refractivity contribution in [2.24, 2.45) is 7.05 Å². The van der Waals surface area contributed by atoms with E-state index < -0.39 is 5.97 Å². The first kappa shape index (κ1) is 13.0. The number of esters is 1. The molecular formula is C12H19N3O3. The minimum atomic E-state index is -0.408. The van der Waals surface area contributed by atoms with Gasteiger partial charge in [-0.1, -0.05) is 0 Å². The number of fused-ring (bicyclic) bond motifs is 1. The number of aliphatic hydroxyl groups is 1. The van der Waals surface area contributed by atoms with Crippen molar-refractivity contribution in [3.63, 3.8) is 0 Å². The summed E-state index contributed by atoms with van der Waals surface area (Å²) in [5, 5.41) is 9.40. The van der Waals surface area contributed by atoms with Crippen LogP contribution in [0.15, 0.2) is 0 Å². The lowest BCUT2D eigenvalue weighted by Gasteiger charge is -2.27. The van der Waals surface area contributed by atoms with E-state index in [4.69, 9.17) is 4.74 Å². The topological polar surface area (TPSA) is 67.6 Å². The van der Waals surface area contributed by atoms with Crippen LogP contribution in [0.1, 0.15) is 28.9 Å². The summed E-state index contributed by atoms with van der Waals surface area (Å²) in [6.07, 6.45) is 0.484. The molecule has 1 aromatic heterocycles. The van der Waals surface area contributed by atoms with Crippen LogP contribution in [0.5, 0.6) is 0 Å². The second-order valence-electron chi connectivity index (χ2n) is 4.71. The molecule has 0 spiro atoms. The number of carbonyl (C=O) groups excluding carboxylic acids is 1. The number of rotatable bonds is 3. The summed E-state index contributed by atoms with van der Waals surface area (Å²) in [5.74, 6) is -0.0598. The fourth-order valence-electron chi connectivity index (χ4n) is 2.39. The number of carbonyl (C=O) groups is 1. The molecule has 0 fully saturated rings.